The molecule has 2 aliphatic rings. The molecule has 31 heavy (non-hydrogen) atoms. The second kappa shape index (κ2) is 8.26. The third-order valence-electron chi connectivity index (χ3n) is 6.42. The standard InChI is InChI=1S/C23H26N4O4/c1-15-13-18(16-7-11-30-12-8-16)31-23(29)20(15)22(28)26-9-4-5-17(14-26)21-25-24-19-6-2-3-10-27(19)21/h2-3,6,10,13,16-17H,4-5,7-9,11-12,14H2,1H3. The summed E-state index contributed by atoms with van der Waals surface area (Å²) >= 11 is 0. The van der Waals surface area contributed by atoms with E-state index in [4.69, 9.17) is 9.15 Å². The molecule has 3 aromatic rings. The molecule has 1 unspecified atom stereocenters. The molecule has 3 aromatic heterocycles. The summed E-state index contributed by atoms with van der Waals surface area (Å²) in [5, 5.41) is 8.61. The second-order valence-corrected chi connectivity index (χ2v) is 8.46. The quantitative estimate of drug-likeness (QED) is 0.645. The molecule has 0 spiro atoms. The number of likely N-dealkylation sites (tertiary alicyclic amines) is 1. The van der Waals surface area contributed by atoms with Crippen LogP contribution in [0.2, 0.25) is 0 Å². The number of hydrogen-bond acceptors (Lipinski definition) is 6. The summed E-state index contributed by atoms with van der Waals surface area (Å²) in [6.45, 7) is 4.28. The molecular weight excluding hydrogens is 396 g/mol. The number of aryl methyl sites for hydroxylation is 1. The van der Waals surface area contributed by atoms with Crippen molar-refractivity contribution >= 4 is 11.6 Å². The average molecular weight is 422 g/mol. The SMILES string of the molecule is Cc1cc(C2CCOCC2)oc(=O)c1C(=O)N1CCCC(c2nnc3ccccn23)C1. The van der Waals surface area contributed by atoms with E-state index in [0.29, 0.717) is 37.6 Å². The number of carbonyl (C=O) groups excluding carboxylic acids is 1. The van der Waals surface area contributed by atoms with Gasteiger partial charge in [-0.1, -0.05) is 6.07 Å². The van der Waals surface area contributed by atoms with Gasteiger partial charge in [0, 0.05) is 44.3 Å². The first-order valence-electron chi connectivity index (χ1n) is 10.9. The molecule has 0 aliphatic carbocycles. The summed E-state index contributed by atoms with van der Waals surface area (Å²) < 4.78 is 13.0. The van der Waals surface area contributed by atoms with Crippen molar-refractivity contribution in [1.29, 1.82) is 0 Å². The third-order valence-corrected chi connectivity index (χ3v) is 6.42. The third kappa shape index (κ3) is 3.76. The molecule has 8 heteroatoms. The molecule has 1 atom stereocenters. The van der Waals surface area contributed by atoms with E-state index in [1.165, 1.54) is 0 Å². The van der Waals surface area contributed by atoms with Gasteiger partial charge in [-0.3, -0.25) is 9.20 Å². The predicted molar refractivity (Wildman–Crippen MR) is 113 cm³/mol. The zero-order valence-electron chi connectivity index (χ0n) is 17.6. The molecule has 1 amide bonds. The highest BCUT2D eigenvalue weighted by molar-refractivity contribution is 5.95. The van der Waals surface area contributed by atoms with Crippen LogP contribution >= 0.6 is 0 Å². The summed E-state index contributed by atoms with van der Waals surface area (Å²) in [7, 11) is 0. The van der Waals surface area contributed by atoms with Gasteiger partial charge in [0.2, 0.25) is 0 Å². The Bertz CT molecular complexity index is 1160. The van der Waals surface area contributed by atoms with E-state index in [0.717, 1.165) is 37.2 Å². The summed E-state index contributed by atoms with van der Waals surface area (Å²) in [5.74, 6) is 1.50. The number of fused-ring (bicyclic) bond motifs is 1. The molecule has 162 valence electrons. The Kier molecular flexibility index (Phi) is 5.31. The zero-order valence-corrected chi connectivity index (χ0v) is 17.6. The topological polar surface area (TPSA) is 89.9 Å². The van der Waals surface area contributed by atoms with Gasteiger partial charge in [0.25, 0.3) is 5.91 Å². The maximum Gasteiger partial charge on any atom is 0.349 e. The van der Waals surface area contributed by atoms with Gasteiger partial charge in [0.15, 0.2) is 5.65 Å². The number of nitrogens with zero attached hydrogens (tertiary/aromatic N) is 4. The lowest BCUT2D eigenvalue weighted by Crippen LogP contribution is -2.41. The van der Waals surface area contributed by atoms with Crippen LogP contribution in [0, 0.1) is 6.92 Å². The summed E-state index contributed by atoms with van der Waals surface area (Å²) in [6.07, 6.45) is 5.38. The largest absolute Gasteiger partial charge is 0.427 e. The summed E-state index contributed by atoms with van der Waals surface area (Å²) in [4.78, 5) is 27.9. The smallest absolute Gasteiger partial charge is 0.349 e. The van der Waals surface area contributed by atoms with Crippen molar-refractivity contribution in [2.24, 2.45) is 0 Å². The number of ether oxygens (including phenoxy) is 1. The fourth-order valence-electron chi connectivity index (χ4n) is 4.74. The maximum absolute atomic E-state index is 13.3. The van der Waals surface area contributed by atoms with Crippen LogP contribution < -0.4 is 5.63 Å². The number of amides is 1. The lowest BCUT2D eigenvalue weighted by atomic mass is 9.94. The Hall–Kier alpha value is -3.00. The van der Waals surface area contributed by atoms with Gasteiger partial charge in [-0.25, -0.2) is 4.79 Å². The lowest BCUT2D eigenvalue weighted by molar-refractivity contribution is 0.0693. The van der Waals surface area contributed by atoms with Gasteiger partial charge in [-0.05, 0) is 56.4 Å². The average Bonchev–Trinajstić information content (AvgIpc) is 3.23. The van der Waals surface area contributed by atoms with E-state index in [1.807, 2.05) is 41.8 Å². The molecule has 2 aliphatic heterocycles. The highest BCUT2D eigenvalue weighted by atomic mass is 16.5. The number of hydrogen-bond donors (Lipinski definition) is 0. The van der Waals surface area contributed by atoms with Crippen molar-refractivity contribution < 1.29 is 13.9 Å². The summed E-state index contributed by atoms with van der Waals surface area (Å²) in [6, 6.07) is 7.64. The zero-order chi connectivity index (χ0) is 21.4. The molecule has 5 rings (SSSR count). The Morgan fingerprint density at radius 3 is 2.77 bits per heavy atom. The number of aromatic nitrogens is 3. The molecule has 5 heterocycles. The normalized spacial score (nSPS) is 20.3. The van der Waals surface area contributed by atoms with E-state index in [-0.39, 0.29) is 23.3 Å². The minimum absolute atomic E-state index is 0.0731. The van der Waals surface area contributed by atoms with Gasteiger partial charge in [-0.15, -0.1) is 10.2 Å². The molecule has 0 radical (unpaired) electrons. The van der Waals surface area contributed by atoms with E-state index < -0.39 is 5.63 Å². The first-order chi connectivity index (χ1) is 15.1. The van der Waals surface area contributed by atoms with Crippen LogP contribution in [-0.4, -0.2) is 51.7 Å². The highest BCUT2D eigenvalue weighted by Gasteiger charge is 2.31. The van der Waals surface area contributed by atoms with E-state index in [2.05, 4.69) is 10.2 Å². The number of piperidine rings is 1. The van der Waals surface area contributed by atoms with Crippen LogP contribution in [0.5, 0.6) is 0 Å². The van der Waals surface area contributed by atoms with Crippen LogP contribution in [0.3, 0.4) is 0 Å². The fourth-order valence-corrected chi connectivity index (χ4v) is 4.74. The number of carbonyl (C=O) groups is 1. The highest BCUT2D eigenvalue weighted by Crippen LogP contribution is 2.29. The van der Waals surface area contributed by atoms with Crippen LogP contribution in [0.25, 0.3) is 5.65 Å². The summed E-state index contributed by atoms with van der Waals surface area (Å²) in [5.41, 5.74) is 1.07. The Balaban J connectivity index is 1.39. The van der Waals surface area contributed by atoms with Gasteiger partial charge < -0.3 is 14.1 Å². The van der Waals surface area contributed by atoms with Crippen molar-refractivity contribution in [3.8, 4) is 0 Å². The van der Waals surface area contributed by atoms with E-state index in [9.17, 15) is 9.59 Å². The number of rotatable bonds is 3. The van der Waals surface area contributed by atoms with E-state index >= 15 is 0 Å². The second-order valence-electron chi connectivity index (χ2n) is 8.46. The molecule has 8 nitrogen and oxygen atoms in total. The van der Waals surface area contributed by atoms with Crippen molar-refractivity contribution in [3.05, 3.63) is 63.6 Å². The Morgan fingerprint density at radius 1 is 1.13 bits per heavy atom. The van der Waals surface area contributed by atoms with Crippen LogP contribution in [-0.2, 0) is 4.74 Å². The lowest BCUT2D eigenvalue weighted by Gasteiger charge is -2.32. The monoisotopic (exact) mass is 422 g/mol. The molecule has 0 saturated carbocycles. The minimum Gasteiger partial charge on any atom is -0.427 e. The van der Waals surface area contributed by atoms with Crippen molar-refractivity contribution in [1.82, 2.24) is 19.5 Å². The van der Waals surface area contributed by atoms with Crippen molar-refractivity contribution in [3.63, 3.8) is 0 Å². The minimum atomic E-state index is -0.540. The van der Waals surface area contributed by atoms with Gasteiger partial charge >= 0.3 is 5.63 Å². The molecule has 0 bridgehead atoms. The first kappa shape index (κ1) is 19.9. The van der Waals surface area contributed by atoms with Crippen molar-refractivity contribution in [2.45, 2.75) is 44.4 Å². The van der Waals surface area contributed by atoms with Crippen molar-refractivity contribution in [2.75, 3.05) is 26.3 Å². The first-order valence-corrected chi connectivity index (χ1v) is 10.9. The molecule has 0 N–H and O–H groups in total. The number of pyridine rings is 1. The maximum atomic E-state index is 13.3. The Labute approximate surface area is 179 Å². The molecular formula is C23H26N4O4. The van der Waals surface area contributed by atoms with Crippen LogP contribution in [0.1, 0.15) is 65.0 Å². The van der Waals surface area contributed by atoms with Gasteiger partial charge in [0.1, 0.15) is 17.1 Å². The van der Waals surface area contributed by atoms with E-state index in [1.54, 1.807) is 4.90 Å². The van der Waals surface area contributed by atoms with Gasteiger partial charge in [-0.2, -0.15) is 0 Å². The Morgan fingerprint density at radius 2 is 1.97 bits per heavy atom. The predicted octanol–water partition coefficient (Wildman–Crippen LogP) is 2.90. The fraction of sp³-hybridized carbons (Fsp3) is 0.478. The molecule has 2 saturated heterocycles. The van der Waals surface area contributed by atoms with Crippen LogP contribution in [0.15, 0.2) is 39.7 Å². The van der Waals surface area contributed by atoms with Gasteiger partial charge in [0.05, 0.1) is 0 Å². The molecule has 0 aromatic carbocycles. The molecule has 2 fully saturated rings. The van der Waals surface area contributed by atoms with Crippen LogP contribution in [0.4, 0.5) is 0 Å².